The maximum Gasteiger partial charge on any atom is 0.224 e. The van der Waals surface area contributed by atoms with Crippen LogP contribution in [-0.4, -0.2) is 19.1 Å². The zero-order valence-electron chi connectivity index (χ0n) is 13.5. The van der Waals surface area contributed by atoms with Crippen molar-refractivity contribution in [2.75, 3.05) is 13.2 Å². The highest BCUT2D eigenvalue weighted by Gasteiger charge is 2.03. The molecule has 0 aliphatic heterocycles. The van der Waals surface area contributed by atoms with Crippen molar-refractivity contribution in [2.24, 2.45) is 0 Å². The molecular weight excluding hydrogens is 274 g/mol. The smallest absolute Gasteiger partial charge is 0.224 e. The summed E-state index contributed by atoms with van der Waals surface area (Å²) in [4.78, 5) is 11.9. The molecule has 0 bridgehead atoms. The van der Waals surface area contributed by atoms with Gasteiger partial charge < -0.3 is 10.1 Å². The van der Waals surface area contributed by atoms with Crippen molar-refractivity contribution >= 4 is 5.91 Å². The van der Waals surface area contributed by atoms with E-state index in [1.807, 2.05) is 57.2 Å². The molecule has 0 radical (unpaired) electrons. The average molecular weight is 297 g/mol. The van der Waals surface area contributed by atoms with Crippen LogP contribution in [-0.2, 0) is 11.2 Å². The van der Waals surface area contributed by atoms with Crippen LogP contribution in [0.4, 0.5) is 0 Å². The van der Waals surface area contributed by atoms with Gasteiger partial charge in [-0.3, -0.25) is 4.79 Å². The predicted molar refractivity (Wildman–Crippen MR) is 89.3 cm³/mol. The van der Waals surface area contributed by atoms with Crippen molar-refractivity contribution in [3.8, 4) is 5.75 Å². The molecule has 0 heterocycles. The van der Waals surface area contributed by atoms with Crippen LogP contribution in [0.5, 0.6) is 5.75 Å². The van der Waals surface area contributed by atoms with Crippen molar-refractivity contribution < 1.29 is 9.53 Å². The average Bonchev–Trinajstić information content (AvgIpc) is 2.45. The summed E-state index contributed by atoms with van der Waals surface area (Å²) < 4.78 is 5.67. The molecule has 0 aliphatic rings. The molecule has 2 aromatic rings. The minimum atomic E-state index is 0.0212. The highest BCUT2D eigenvalue weighted by atomic mass is 16.5. The Morgan fingerprint density at radius 2 is 1.59 bits per heavy atom. The van der Waals surface area contributed by atoms with Gasteiger partial charge in [0.1, 0.15) is 12.4 Å². The molecule has 0 saturated carbocycles. The first-order valence-electron chi connectivity index (χ1n) is 7.56. The topological polar surface area (TPSA) is 38.3 Å². The summed E-state index contributed by atoms with van der Waals surface area (Å²) in [6.45, 7) is 7.11. The molecule has 2 rings (SSSR count). The fourth-order valence-corrected chi connectivity index (χ4v) is 2.33. The number of carbonyl (C=O) groups excluding carboxylic acids is 1. The van der Waals surface area contributed by atoms with E-state index in [-0.39, 0.29) is 5.91 Å². The summed E-state index contributed by atoms with van der Waals surface area (Å²) in [5.74, 6) is 0.873. The molecule has 0 aliphatic carbocycles. The summed E-state index contributed by atoms with van der Waals surface area (Å²) in [5, 5.41) is 2.88. The normalized spacial score (nSPS) is 10.3. The van der Waals surface area contributed by atoms with Crippen LogP contribution >= 0.6 is 0 Å². The third-order valence-electron chi connectivity index (χ3n) is 3.37. The standard InChI is InChI=1S/C19H23NO2/c1-14-4-6-17(7-5-14)13-19(21)20-8-9-22-18-11-15(2)10-16(3)12-18/h4-7,10-12H,8-9,13H2,1-3H3,(H,20,21). The monoisotopic (exact) mass is 297 g/mol. The van der Waals surface area contributed by atoms with E-state index in [0.717, 1.165) is 11.3 Å². The molecule has 3 nitrogen and oxygen atoms in total. The second-order valence-corrected chi connectivity index (χ2v) is 5.68. The second-order valence-electron chi connectivity index (χ2n) is 5.68. The quantitative estimate of drug-likeness (QED) is 0.830. The number of hydrogen-bond donors (Lipinski definition) is 1. The fraction of sp³-hybridized carbons (Fsp3) is 0.316. The number of amides is 1. The molecule has 0 spiro atoms. The maximum atomic E-state index is 11.9. The Balaban J connectivity index is 1.71. The Morgan fingerprint density at radius 3 is 2.23 bits per heavy atom. The van der Waals surface area contributed by atoms with Crippen molar-refractivity contribution in [3.63, 3.8) is 0 Å². The van der Waals surface area contributed by atoms with Gasteiger partial charge in [0, 0.05) is 0 Å². The predicted octanol–water partition coefficient (Wildman–Crippen LogP) is 3.35. The molecule has 2 aromatic carbocycles. The second kappa shape index (κ2) is 7.64. The van der Waals surface area contributed by atoms with E-state index >= 15 is 0 Å². The van der Waals surface area contributed by atoms with E-state index < -0.39 is 0 Å². The van der Waals surface area contributed by atoms with Crippen molar-refractivity contribution in [1.29, 1.82) is 0 Å². The zero-order valence-corrected chi connectivity index (χ0v) is 13.5. The number of ether oxygens (including phenoxy) is 1. The van der Waals surface area contributed by atoms with Gasteiger partial charge in [-0.2, -0.15) is 0 Å². The van der Waals surface area contributed by atoms with Crippen LogP contribution in [0.1, 0.15) is 22.3 Å². The molecule has 0 atom stereocenters. The van der Waals surface area contributed by atoms with E-state index in [2.05, 4.69) is 11.4 Å². The van der Waals surface area contributed by atoms with Gasteiger partial charge in [0.2, 0.25) is 5.91 Å². The highest BCUT2D eigenvalue weighted by molar-refractivity contribution is 5.78. The zero-order chi connectivity index (χ0) is 15.9. The first-order chi connectivity index (χ1) is 10.5. The van der Waals surface area contributed by atoms with Crippen molar-refractivity contribution in [3.05, 3.63) is 64.7 Å². The Hall–Kier alpha value is -2.29. The summed E-state index contributed by atoms with van der Waals surface area (Å²) in [5.41, 5.74) is 4.58. The summed E-state index contributed by atoms with van der Waals surface area (Å²) in [6, 6.07) is 14.1. The lowest BCUT2D eigenvalue weighted by atomic mass is 10.1. The molecule has 22 heavy (non-hydrogen) atoms. The lowest BCUT2D eigenvalue weighted by Gasteiger charge is -2.09. The van der Waals surface area contributed by atoms with Gasteiger partial charge in [-0.1, -0.05) is 35.9 Å². The molecule has 116 valence electrons. The number of rotatable bonds is 6. The van der Waals surface area contributed by atoms with E-state index in [4.69, 9.17) is 4.74 Å². The number of benzene rings is 2. The Bertz CT molecular complexity index is 612. The van der Waals surface area contributed by atoms with Gasteiger partial charge in [-0.05, 0) is 49.6 Å². The minimum Gasteiger partial charge on any atom is -0.492 e. The van der Waals surface area contributed by atoms with E-state index in [1.165, 1.54) is 16.7 Å². The minimum absolute atomic E-state index is 0.0212. The summed E-state index contributed by atoms with van der Waals surface area (Å²) in [6.07, 6.45) is 0.407. The summed E-state index contributed by atoms with van der Waals surface area (Å²) in [7, 11) is 0. The van der Waals surface area contributed by atoms with Crippen LogP contribution in [0, 0.1) is 20.8 Å². The van der Waals surface area contributed by atoms with E-state index in [0.29, 0.717) is 19.6 Å². The Morgan fingerprint density at radius 1 is 0.955 bits per heavy atom. The Kier molecular flexibility index (Phi) is 5.59. The maximum absolute atomic E-state index is 11.9. The number of nitrogens with one attached hydrogen (secondary N) is 1. The van der Waals surface area contributed by atoms with Crippen molar-refractivity contribution in [2.45, 2.75) is 27.2 Å². The van der Waals surface area contributed by atoms with E-state index in [1.54, 1.807) is 0 Å². The molecule has 1 N–H and O–H groups in total. The third-order valence-corrected chi connectivity index (χ3v) is 3.37. The molecule has 0 fully saturated rings. The van der Waals surface area contributed by atoms with Gasteiger partial charge in [0.25, 0.3) is 0 Å². The number of aryl methyl sites for hydroxylation is 3. The van der Waals surface area contributed by atoms with Crippen LogP contribution in [0.15, 0.2) is 42.5 Å². The van der Waals surface area contributed by atoms with Crippen molar-refractivity contribution in [1.82, 2.24) is 5.32 Å². The van der Waals surface area contributed by atoms with Gasteiger partial charge in [-0.25, -0.2) is 0 Å². The number of hydrogen-bond acceptors (Lipinski definition) is 2. The Labute approximate surface area is 132 Å². The molecule has 1 amide bonds. The first-order valence-corrected chi connectivity index (χ1v) is 7.56. The molecule has 0 aromatic heterocycles. The third kappa shape index (κ3) is 5.24. The highest BCUT2D eigenvalue weighted by Crippen LogP contribution is 2.15. The van der Waals surface area contributed by atoms with E-state index in [9.17, 15) is 4.79 Å². The van der Waals surface area contributed by atoms with Crippen LogP contribution in [0.2, 0.25) is 0 Å². The SMILES string of the molecule is Cc1ccc(CC(=O)NCCOc2cc(C)cc(C)c2)cc1. The molecule has 0 unspecified atom stereocenters. The van der Waals surface area contributed by atoms with Gasteiger partial charge in [0.15, 0.2) is 0 Å². The first kappa shape index (κ1) is 16.1. The van der Waals surface area contributed by atoms with Crippen LogP contribution in [0.3, 0.4) is 0 Å². The lowest BCUT2D eigenvalue weighted by molar-refractivity contribution is -0.120. The fourth-order valence-electron chi connectivity index (χ4n) is 2.33. The lowest BCUT2D eigenvalue weighted by Crippen LogP contribution is -2.29. The van der Waals surface area contributed by atoms with Gasteiger partial charge in [0.05, 0.1) is 13.0 Å². The molecule has 3 heteroatoms. The summed E-state index contributed by atoms with van der Waals surface area (Å²) >= 11 is 0. The van der Waals surface area contributed by atoms with Crippen LogP contribution in [0.25, 0.3) is 0 Å². The van der Waals surface area contributed by atoms with Gasteiger partial charge in [-0.15, -0.1) is 0 Å². The number of carbonyl (C=O) groups is 1. The van der Waals surface area contributed by atoms with Crippen LogP contribution < -0.4 is 10.1 Å². The largest absolute Gasteiger partial charge is 0.492 e. The molecule has 0 saturated heterocycles. The molecular formula is C19H23NO2. The van der Waals surface area contributed by atoms with Gasteiger partial charge >= 0.3 is 0 Å².